The zero-order chi connectivity index (χ0) is 26.0. The molecule has 1 aliphatic rings. The molecule has 0 saturated heterocycles. The van der Waals surface area contributed by atoms with Gasteiger partial charge in [0, 0.05) is 17.9 Å². The summed E-state index contributed by atoms with van der Waals surface area (Å²) in [5, 5.41) is 21.0. The van der Waals surface area contributed by atoms with Crippen molar-refractivity contribution in [3.8, 4) is 11.5 Å². The molecule has 2 rings (SSSR count). The largest absolute Gasteiger partial charge is 0.507 e. The first-order chi connectivity index (χ1) is 15.8. The van der Waals surface area contributed by atoms with E-state index in [1.165, 1.54) is 0 Å². The first-order valence-corrected chi connectivity index (χ1v) is 12.2. The summed E-state index contributed by atoms with van der Waals surface area (Å²) in [5.41, 5.74) is 0.844. The van der Waals surface area contributed by atoms with Crippen LogP contribution < -0.4 is 0 Å². The van der Waals surface area contributed by atoms with Gasteiger partial charge in [-0.3, -0.25) is 14.4 Å². The van der Waals surface area contributed by atoms with E-state index < -0.39 is 6.10 Å². The number of allylic oxidation sites excluding steroid dienone is 1. The molecule has 34 heavy (non-hydrogen) atoms. The minimum atomic E-state index is -0.577. The van der Waals surface area contributed by atoms with Crippen LogP contribution in [0.25, 0.3) is 0 Å². The number of ketones is 1. The fourth-order valence-corrected chi connectivity index (χ4v) is 4.88. The number of carbonyl (C=O) groups excluding carboxylic acids is 3. The lowest BCUT2D eigenvalue weighted by Gasteiger charge is -2.45. The van der Waals surface area contributed by atoms with Gasteiger partial charge >= 0.3 is 5.97 Å². The minimum Gasteiger partial charge on any atom is -0.507 e. The molecule has 4 unspecified atom stereocenters. The Morgan fingerprint density at radius 2 is 1.88 bits per heavy atom. The number of halogens is 1. The van der Waals surface area contributed by atoms with E-state index in [0.717, 1.165) is 12.0 Å². The van der Waals surface area contributed by atoms with Crippen LogP contribution in [0.2, 0.25) is 5.02 Å². The van der Waals surface area contributed by atoms with Crippen molar-refractivity contribution >= 4 is 29.6 Å². The molecule has 4 atom stereocenters. The van der Waals surface area contributed by atoms with Gasteiger partial charge in [-0.2, -0.15) is 0 Å². The fraction of sp³-hybridized carbons (Fsp3) is 0.593. The highest BCUT2D eigenvalue weighted by atomic mass is 35.5. The number of phenols is 2. The summed E-state index contributed by atoms with van der Waals surface area (Å²) in [6, 6.07) is 0. The Labute approximate surface area is 207 Å². The Morgan fingerprint density at radius 3 is 2.44 bits per heavy atom. The molecule has 6 nitrogen and oxygen atoms in total. The van der Waals surface area contributed by atoms with E-state index in [1.807, 2.05) is 13.8 Å². The van der Waals surface area contributed by atoms with Crippen LogP contribution >= 0.6 is 11.6 Å². The minimum absolute atomic E-state index is 0.0135. The third kappa shape index (κ3) is 5.48. The molecule has 0 spiro atoms. The van der Waals surface area contributed by atoms with E-state index >= 15 is 0 Å². The lowest BCUT2D eigenvalue weighted by atomic mass is 9.59. The number of Topliss-reactive ketones (excluding diaryl/α,β-unsaturated/α-hetero) is 1. The monoisotopic (exact) mass is 492 g/mol. The molecule has 0 bridgehead atoms. The summed E-state index contributed by atoms with van der Waals surface area (Å²) < 4.78 is 5.88. The van der Waals surface area contributed by atoms with Gasteiger partial charge in [0.15, 0.2) is 6.29 Å². The highest BCUT2D eigenvalue weighted by Gasteiger charge is 2.45. The summed E-state index contributed by atoms with van der Waals surface area (Å²) in [5.74, 6) is -0.922. The molecule has 0 radical (unpaired) electrons. The number of aromatic hydroxyl groups is 2. The third-order valence-corrected chi connectivity index (χ3v) is 8.26. The maximum absolute atomic E-state index is 12.5. The smallest absolute Gasteiger partial charge is 0.308 e. The Morgan fingerprint density at radius 1 is 1.26 bits per heavy atom. The van der Waals surface area contributed by atoms with Crippen molar-refractivity contribution < 1.29 is 29.3 Å². The number of benzene rings is 1. The van der Waals surface area contributed by atoms with Gasteiger partial charge in [0.1, 0.15) is 23.4 Å². The SMILES string of the molecule is C/C(=C\Cc1c(O)c(Cl)c(C)c(C=O)c1O)C(CC1(C)C(C)CCC(=O)C1C)OC(=O)C(C)C. The van der Waals surface area contributed by atoms with Gasteiger partial charge in [0.2, 0.25) is 0 Å². The number of phenolic OH excluding ortho intramolecular Hbond substituents is 2. The van der Waals surface area contributed by atoms with Crippen molar-refractivity contribution in [1.82, 2.24) is 0 Å². The Hall–Kier alpha value is -2.34. The van der Waals surface area contributed by atoms with Gasteiger partial charge in [-0.1, -0.05) is 52.3 Å². The van der Waals surface area contributed by atoms with Crippen molar-refractivity contribution in [1.29, 1.82) is 0 Å². The van der Waals surface area contributed by atoms with Crippen LogP contribution in [0.3, 0.4) is 0 Å². The quantitative estimate of drug-likeness (QED) is 0.264. The Kier molecular flexibility index (Phi) is 8.98. The van der Waals surface area contributed by atoms with E-state index in [4.69, 9.17) is 16.3 Å². The fourth-order valence-electron chi connectivity index (χ4n) is 4.66. The van der Waals surface area contributed by atoms with Crippen LogP contribution in [-0.4, -0.2) is 34.4 Å². The normalized spacial score (nSPS) is 24.3. The zero-order valence-electron chi connectivity index (χ0n) is 21.2. The van der Waals surface area contributed by atoms with Gasteiger partial charge in [0.25, 0.3) is 0 Å². The summed E-state index contributed by atoms with van der Waals surface area (Å²) in [6.45, 7) is 13.1. The number of hydrogen-bond acceptors (Lipinski definition) is 6. The number of ether oxygens (including phenoxy) is 1. The number of hydrogen-bond donors (Lipinski definition) is 2. The van der Waals surface area contributed by atoms with E-state index in [0.29, 0.717) is 24.7 Å². The van der Waals surface area contributed by atoms with Crippen molar-refractivity contribution in [2.75, 3.05) is 0 Å². The molecule has 1 aromatic carbocycles. The lowest BCUT2D eigenvalue weighted by Crippen LogP contribution is -2.44. The number of aldehydes is 1. The van der Waals surface area contributed by atoms with E-state index in [-0.39, 0.29) is 69.0 Å². The lowest BCUT2D eigenvalue weighted by molar-refractivity contribution is -0.154. The second-order valence-corrected chi connectivity index (χ2v) is 10.6. The van der Waals surface area contributed by atoms with Gasteiger partial charge in [-0.05, 0) is 55.6 Å². The van der Waals surface area contributed by atoms with Crippen LogP contribution in [0.1, 0.15) is 82.3 Å². The molecule has 0 amide bonds. The standard InChI is InChI=1S/C27H37ClO6/c1-14(2)26(33)34-22(12-27(7)16(4)9-11-21(30)18(27)6)15(3)8-10-19-24(31)20(13-29)17(5)23(28)25(19)32/h8,13-14,16,18,22,31-32H,9-12H2,1-7H3/b15-8+. The highest BCUT2D eigenvalue weighted by molar-refractivity contribution is 6.33. The number of esters is 1. The van der Waals surface area contributed by atoms with Crippen molar-refractivity contribution in [3.63, 3.8) is 0 Å². The van der Waals surface area contributed by atoms with Crippen molar-refractivity contribution in [3.05, 3.63) is 33.4 Å². The molecule has 7 heteroatoms. The predicted octanol–water partition coefficient (Wildman–Crippen LogP) is 5.96. The molecule has 0 heterocycles. The number of carbonyl (C=O) groups is 3. The molecule has 2 N–H and O–H groups in total. The van der Waals surface area contributed by atoms with Crippen LogP contribution in [0.15, 0.2) is 11.6 Å². The topological polar surface area (TPSA) is 101 Å². The summed E-state index contributed by atoms with van der Waals surface area (Å²) >= 11 is 6.17. The molecule has 0 aliphatic heterocycles. The van der Waals surface area contributed by atoms with Gasteiger partial charge < -0.3 is 14.9 Å². The first kappa shape index (κ1) is 27.9. The van der Waals surface area contributed by atoms with Crippen molar-refractivity contribution in [2.24, 2.45) is 23.2 Å². The molecule has 0 aromatic heterocycles. The molecule has 1 saturated carbocycles. The molecule has 1 aromatic rings. The third-order valence-electron chi connectivity index (χ3n) is 7.80. The first-order valence-electron chi connectivity index (χ1n) is 11.8. The van der Waals surface area contributed by atoms with Crippen molar-refractivity contribution in [2.45, 2.75) is 80.3 Å². The maximum atomic E-state index is 12.5. The van der Waals surface area contributed by atoms with E-state index in [1.54, 1.807) is 26.8 Å². The van der Waals surface area contributed by atoms with Crippen LogP contribution in [0, 0.1) is 30.1 Å². The molecule has 1 fully saturated rings. The summed E-state index contributed by atoms with van der Waals surface area (Å²) in [6.07, 6.45) is 3.62. The van der Waals surface area contributed by atoms with Crippen LogP contribution in [0.5, 0.6) is 11.5 Å². The van der Waals surface area contributed by atoms with Gasteiger partial charge in [-0.25, -0.2) is 0 Å². The van der Waals surface area contributed by atoms with Gasteiger partial charge in [-0.15, -0.1) is 0 Å². The van der Waals surface area contributed by atoms with Crippen LogP contribution in [-0.2, 0) is 20.7 Å². The second-order valence-electron chi connectivity index (χ2n) is 10.2. The average molecular weight is 493 g/mol. The summed E-state index contributed by atoms with van der Waals surface area (Å²) in [4.78, 5) is 36.5. The zero-order valence-corrected chi connectivity index (χ0v) is 22.0. The Bertz CT molecular complexity index is 996. The highest BCUT2D eigenvalue weighted by Crippen LogP contribution is 2.48. The van der Waals surface area contributed by atoms with E-state index in [2.05, 4.69) is 13.8 Å². The molecular weight excluding hydrogens is 456 g/mol. The average Bonchev–Trinajstić information content (AvgIpc) is 2.78. The Balaban J connectivity index is 2.44. The van der Waals surface area contributed by atoms with Gasteiger partial charge in [0.05, 0.1) is 16.5 Å². The molecular formula is C27H37ClO6. The molecule has 1 aliphatic carbocycles. The molecule has 188 valence electrons. The predicted molar refractivity (Wildman–Crippen MR) is 132 cm³/mol. The number of rotatable bonds is 8. The van der Waals surface area contributed by atoms with E-state index in [9.17, 15) is 24.6 Å². The second kappa shape index (κ2) is 10.9. The van der Waals surface area contributed by atoms with Crippen LogP contribution in [0.4, 0.5) is 0 Å². The summed E-state index contributed by atoms with van der Waals surface area (Å²) in [7, 11) is 0. The maximum Gasteiger partial charge on any atom is 0.308 e.